The summed E-state index contributed by atoms with van der Waals surface area (Å²) in [5.41, 5.74) is 1.31. The van der Waals surface area contributed by atoms with Crippen molar-refractivity contribution < 1.29 is 19.7 Å². The van der Waals surface area contributed by atoms with Crippen molar-refractivity contribution >= 4 is 39.2 Å². The van der Waals surface area contributed by atoms with Crippen LogP contribution in [0.2, 0.25) is 5.02 Å². The van der Waals surface area contributed by atoms with Gasteiger partial charge in [-0.2, -0.15) is 0 Å². The number of phenolic OH excluding ortho intramolecular Hbond substituents is 2. The van der Waals surface area contributed by atoms with Crippen LogP contribution < -0.4 is 5.32 Å². The Balaban J connectivity index is 1.52. The summed E-state index contributed by atoms with van der Waals surface area (Å²) in [6.45, 7) is 5.18. The third-order valence-electron chi connectivity index (χ3n) is 5.04. The smallest absolute Gasteiger partial charge is 0.341 e. The van der Waals surface area contributed by atoms with Gasteiger partial charge in [0.15, 0.2) is 0 Å². The predicted molar refractivity (Wildman–Crippen MR) is 120 cm³/mol. The molecule has 7 nitrogen and oxygen atoms in total. The van der Waals surface area contributed by atoms with Crippen molar-refractivity contribution in [1.29, 1.82) is 0 Å². The van der Waals surface area contributed by atoms with Gasteiger partial charge in [-0.25, -0.2) is 4.79 Å². The summed E-state index contributed by atoms with van der Waals surface area (Å²) < 4.78 is 6.07. The van der Waals surface area contributed by atoms with Crippen molar-refractivity contribution in [2.45, 2.75) is 6.54 Å². The number of esters is 1. The Morgan fingerprint density at radius 3 is 2.63 bits per heavy atom. The van der Waals surface area contributed by atoms with Gasteiger partial charge in [0, 0.05) is 61.1 Å². The Morgan fingerprint density at radius 1 is 1.20 bits per heavy atom. The molecule has 1 aliphatic heterocycles. The molecule has 162 valence electrons. The van der Waals surface area contributed by atoms with Crippen LogP contribution in [-0.2, 0) is 11.3 Å². The zero-order valence-corrected chi connectivity index (χ0v) is 19.0. The summed E-state index contributed by atoms with van der Waals surface area (Å²) in [7, 11) is 2.09. The number of piperazine rings is 1. The molecule has 2 aromatic rings. The highest BCUT2D eigenvalue weighted by atomic mass is 79.9. The quantitative estimate of drug-likeness (QED) is 0.504. The highest BCUT2D eigenvalue weighted by Crippen LogP contribution is 2.32. The molecule has 1 heterocycles. The number of anilines is 1. The number of nitrogens with one attached hydrogen (secondary N) is 1. The number of nitrogens with zero attached hydrogens (tertiary/aromatic N) is 2. The van der Waals surface area contributed by atoms with Gasteiger partial charge < -0.3 is 25.2 Å². The molecule has 0 amide bonds. The fraction of sp³-hybridized carbons (Fsp3) is 0.381. The number of phenols is 2. The fourth-order valence-electron chi connectivity index (χ4n) is 3.18. The standard InChI is InChI=1S/C21H25BrClN3O4/c1-25-4-6-26(7-5-25)8-9-30-21(29)17-3-2-16(12-19(17)27)24-13-14-10-15(22)11-18(23)20(14)28/h2-3,10-12,24,27-28H,4-9,13H2,1H3. The van der Waals surface area contributed by atoms with E-state index in [-0.39, 0.29) is 28.7 Å². The van der Waals surface area contributed by atoms with Crippen LogP contribution in [0.1, 0.15) is 15.9 Å². The second-order valence-electron chi connectivity index (χ2n) is 7.26. The number of aromatic hydroxyl groups is 2. The van der Waals surface area contributed by atoms with Crippen LogP contribution in [0.3, 0.4) is 0 Å². The molecule has 1 aliphatic rings. The third-order valence-corrected chi connectivity index (χ3v) is 5.79. The van der Waals surface area contributed by atoms with Gasteiger partial charge >= 0.3 is 5.97 Å². The normalized spacial score (nSPS) is 15.2. The number of likely N-dealkylation sites (N-methyl/N-ethyl adjacent to an activating group) is 1. The first-order valence-corrected chi connectivity index (χ1v) is 10.8. The second kappa shape index (κ2) is 10.3. The molecule has 0 unspecified atom stereocenters. The molecular weight excluding hydrogens is 474 g/mol. The number of benzene rings is 2. The van der Waals surface area contributed by atoms with E-state index in [1.165, 1.54) is 12.1 Å². The Bertz CT molecular complexity index is 904. The maximum absolute atomic E-state index is 12.3. The molecule has 1 saturated heterocycles. The molecule has 0 radical (unpaired) electrons. The molecule has 0 bridgehead atoms. The maximum Gasteiger partial charge on any atom is 0.341 e. The molecule has 0 spiro atoms. The van der Waals surface area contributed by atoms with E-state index in [9.17, 15) is 15.0 Å². The van der Waals surface area contributed by atoms with Crippen molar-refractivity contribution in [2.24, 2.45) is 0 Å². The first-order chi connectivity index (χ1) is 14.3. The zero-order valence-electron chi connectivity index (χ0n) is 16.7. The van der Waals surface area contributed by atoms with Crippen molar-refractivity contribution in [3.63, 3.8) is 0 Å². The topological polar surface area (TPSA) is 85.3 Å². The van der Waals surface area contributed by atoms with E-state index in [1.54, 1.807) is 18.2 Å². The average Bonchev–Trinajstić information content (AvgIpc) is 2.71. The van der Waals surface area contributed by atoms with Crippen LogP contribution in [0.5, 0.6) is 11.5 Å². The summed E-state index contributed by atoms with van der Waals surface area (Å²) in [6.07, 6.45) is 0. The molecule has 2 aromatic carbocycles. The molecule has 3 N–H and O–H groups in total. The van der Waals surface area contributed by atoms with E-state index in [2.05, 4.69) is 38.1 Å². The number of hydrogen-bond acceptors (Lipinski definition) is 7. The summed E-state index contributed by atoms with van der Waals surface area (Å²) in [5.74, 6) is -0.720. The van der Waals surface area contributed by atoms with Gasteiger partial charge in [-0.1, -0.05) is 27.5 Å². The van der Waals surface area contributed by atoms with E-state index >= 15 is 0 Å². The lowest BCUT2D eigenvalue weighted by molar-refractivity contribution is 0.0429. The number of hydrogen-bond donors (Lipinski definition) is 3. The van der Waals surface area contributed by atoms with Crippen LogP contribution in [0.15, 0.2) is 34.8 Å². The monoisotopic (exact) mass is 497 g/mol. The van der Waals surface area contributed by atoms with E-state index in [1.807, 2.05) is 0 Å². The Hall–Kier alpha value is -2.00. The lowest BCUT2D eigenvalue weighted by Gasteiger charge is -2.32. The van der Waals surface area contributed by atoms with E-state index in [0.29, 0.717) is 24.3 Å². The lowest BCUT2D eigenvalue weighted by Crippen LogP contribution is -2.45. The van der Waals surface area contributed by atoms with Crippen molar-refractivity contribution in [2.75, 3.05) is 51.7 Å². The van der Waals surface area contributed by atoms with E-state index in [4.69, 9.17) is 16.3 Å². The Morgan fingerprint density at radius 2 is 1.93 bits per heavy atom. The average molecular weight is 499 g/mol. The minimum absolute atomic E-state index is 0.00265. The van der Waals surface area contributed by atoms with Gasteiger partial charge in [-0.3, -0.25) is 4.90 Å². The summed E-state index contributed by atoms with van der Waals surface area (Å²) in [5, 5.41) is 23.6. The van der Waals surface area contributed by atoms with Crippen LogP contribution in [0.4, 0.5) is 5.69 Å². The van der Waals surface area contributed by atoms with Crippen LogP contribution in [-0.4, -0.2) is 72.4 Å². The zero-order chi connectivity index (χ0) is 21.7. The number of ether oxygens (including phenoxy) is 1. The van der Waals surface area contributed by atoms with Gasteiger partial charge in [0.05, 0.1) is 5.02 Å². The number of carbonyl (C=O) groups excluding carboxylic acids is 1. The molecular formula is C21H25BrClN3O4. The summed E-state index contributed by atoms with van der Waals surface area (Å²) >= 11 is 9.31. The molecule has 3 rings (SSSR count). The number of carbonyl (C=O) groups is 1. The maximum atomic E-state index is 12.3. The van der Waals surface area contributed by atoms with Gasteiger partial charge in [0.25, 0.3) is 0 Å². The summed E-state index contributed by atoms with van der Waals surface area (Å²) in [6, 6.07) is 8.00. The number of rotatable bonds is 7. The minimum atomic E-state index is -0.551. The summed E-state index contributed by atoms with van der Waals surface area (Å²) in [4.78, 5) is 16.8. The molecule has 0 aromatic heterocycles. The predicted octanol–water partition coefficient (Wildman–Crippen LogP) is 3.53. The van der Waals surface area contributed by atoms with Crippen molar-refractivity contribution in [3.05, 3.63) is 51.0 Å². The Kier molecular flexibility index (Phi) is 7.82. The van der Waals surface area contributed by atoms with Crippen LogP contribution >= 0.6 is 27.5 Å². The first-order valence-electron chi connectivity index (χ1n) is 9.65. The second-order valence-corrected chi connectivity index (χ2v) is 8.58. The molecule has 9 heteroatoms. The fourth-order valence-corrected chi connectivity index (χ4v) is 4.06. The third kappa shape index (κ3) is 6.01. The molecule has 0 aliphatic carbocycles. The first kappa shape index (κ1) is 22.7. The SMILES string of the molecule is CN1CCN(CCOC(=O)c2ccc(NCc3cc(Br)cc(Cl)c3O)cc2O)CC1. The van der Waals surface area contributed by atoms with Crippen LogP contribution in [0, 0.1) is 0 Å². The molecule has 0 atom stereocenters. The van der Waals surface area contributed by atoms with Gasteiger partial charge in [0.2, 0.25) is 0 Å². The highest BCUT2D eigenvalue weighted by Gasteiger charge is 2.16. The highest BCUT2D eigenvalue weighted by molar-refractivity contribution is 9.10. The van der Waals surface area contributed by atoms with Crippen molar-refractivity contribution in [1.82, 2.24) is 9.80 Å². The minimum Gasteiger partial charge on any atom is -0.507 e. The van der Waals surface area contributed by atoms with Crippen LogP contribution in [0.25, 0.3) is 0 Å². The molecule has 1 fully saturated rings. The van der Waals surface area contributed by atoms with E-state index < -0.39 is 5.97 Å². The molecule has 30 heavy (non-hydrogen) atoms. The Labute approximate surface area is 189 Å². The lowest BCUT2D eigenvalue weighted by atomic mass is 10.1. The van der Waals surface area contributed by atoms with Crippen molar-refractivity contribution in [3.8, 4) is 11.5 Å². The van der Waals surface area contributed by atoms with E-state index in [0.717, 1.165) is 30.7 Å². The number of halogens is 2. The van der Waals surface area contributed by atoms with Gasteiger partial charge in [-0.15, -0.1) is 0 Å². The molecule has 0 saturated carbocycles. The largest absolute Gasteiger partial charge is 0.507 e. The van der Waals surface area contributed by atoms with Gasteiger partial charge in [-0.05, 0) is 31.3 Å². The van der Waals surface area contributed by atoms with Gasteiger partial charge in [0.1, 0.15) is 23.7 Å².